The molecule has 2 rings (SSSR count). The van der Waals surface area contributed by atoms with Gasteiger partial charge in [0.15, 0.2) is 0 Å². The van der Waals surface area contributed by atoms with Crippen molar-refractivity contribution in [3.05, 3.63) is 34.9 Å². The van der Waals surface area contributed by atoms with Crippen molar-refractivity contribution >= 4 is 15.9 Å². The number of alkyl halides is 1. The van der Waals surface area contributed by atoms with Gasteiger partial charge in [0, 0.05) is 4.83 Å². The van der Waals surface area contributed by atoms with Gasteiger partial charge in [0.25, 0.3) is 0 Å². The normalized spacial score (nSPS) is 21.4. The van der Waals surface area contributed by atoms with Crippen LogP contribution in [0.4, 0.5) is 0 Å². The summed E-state index contributed by atoms with van der Waals surface area (Å²) in [6.45, 7) is 2.22. The summed E-state index contributed by atoms with van der Waals surface area (Å²) in [4.78, 5) is 0.589. The standard InChI is InChI=1S/C13H17Br/c1-2-10-7-8-11-5-3-4-6-13(14)12(11)9-10/h7-9,13H,2-6H2,1H3. The highest BCUT2D eigenvalue weighted by molar-refractivity contribution is 9.09. The van der Waals surface area contributed by atoms with Gasteiger partial charge in [0.05, 0.1) is 0 Å². The lowest BCUT2D eigenvalue weighted by Crippen LogP contribution is -1.95. The molecular formula is C13H17Br. The summed E-state index contributed by atoms with van der Waals surface area (Å²) in [5.41, 5.74) is 4.57. The number of aryl methyl sites for hydroxylation is 2. The van der Waals surface area contributed by atoms with Crippen LogP contribution in [0, 0.1) is 0 Å². The molecule has 0 saturated heterocycles. The zero-order chi connectivity index (χ0) is 9.97. The number of benzene rings is 1. The number of halogens is 1. The fourth-order valence-corrected chi connectivity index (χ4v) is 2.93. The molecule has 1 aromatic rings. The van der Waals surface area contributed by atoms with Crippen LogP contribution in [0.5, 0.6) is 0 Å². The second kappa shape index (κ2) is 4.48. The molecule has 1 unspecified atom stereocenters. The molecule has 14 heavy (non-hydrogen) atoms. The maximum Gasteiger partial charge on any atom is 0.0398 e. The summed E-state index contributed by atoms with van der Waals surface area (Å²) in [5, 5.41) is 0. The topological polar surface area (TPSA) is 0 Å². The van der Waals surface area contributed by atoms with E-state index in [1.165, 1.54) is 31.2 Å². The molecule has 0 N–H and O–H groups in total. The van der Waals surface area contributed by atoms with Crippen LogP contribution in [-0.4, -0.2) is 0 Å². The highest BCUT2D eigenvalue weighted by atomic mass is 79.9. The van der Waals surface area contributed by atoms with E-state index in [9.17, 15) is 0 Å². The molecule has 1 aromatic carbocycles. The third-order valence-corrected chi connectivity index (χ3v) is 4.06. The van der Waals surface area contributed by atoms with E-state index in [-0.39, 0.29) is 0 Å². The molecule has 1 aliphatic rings. The van der Waals surface area contributed by atoms with Crippen molar-refractivity contribution < 1.29 is 0 Å². The summed E-state index contributed by atoms with van der Waals surface area (Å²) in [6.07, 6.45) is 6.40. The molecule has 0 heterocycles. The summed E-state index contributed by atoms with van der Waals surface area (Å²) in [7, 11) is 0. The largest absolute Gasteiger partial charge is 0.0839 e. The third kappa shape index (κ3) is 2.03. The monoisotopic (exact) mass is 252 g/mol. The molecule has 1 heteroatoms. The van der Waals surface area contributed by atoms with E-state index in [2.05, 4.69) is 41.1 Å². The van der Waals surface area contributed by atoms with Gasteiger partial charge in [-0.2, -0.15) is 0 Å². The predicted molar refractivity (Wildman–Crippen MR) is 65.0 cm³/mol. The van der Waals surface area contributed by atoms with Gasteiger partial charge >= 0.3 is 0 Å². The minimum Gasteiger partial charge on any atom is -0.0839 e. The van der Waals surface area contributed by atoms with Crippen LogP contribution in [0.25, 0.3) is 0 Å². The molecule has 0 aromatic heterocycles. The van der Waals surface area contributed by atoms with Crippen LogP contribution in [0.15, 0.2) is 18.2 Å². The van der Waals surface area contributed by atoms with Crippen molar-refractivity contribution in [1.29, 1.82) is 0 Å². The molecule has 0 bridgehead atoms. The molecular weight excluding hydrogens is 236 g/mol. The number of hydrogen-bond donors (Lipinski definition) is 0. The highest BCUT2D eigenvalue weighted by Crippen LogP contribution is 2.35. The lowest BCUT2D eigenvalue weighted by molar-refractivity contribution is 0.708. The quantitative estimate of drug-likeness (QED) is 0.513. The van der Waals surface area contributed by atoms with Crippen LogP contribution >= 0.6 is 15.9 Å². The number of fused-ring (bicyclic) bond motifs is 1. The van der Waals surface area contributed by atoms with Gasteiger partial charge in [-0.3, -0.25) is 0 Å². The Balaban J connectivity index is 2.39. The lowest BCUT2D eigenvalue weighted by Gasteiger charge is -2.12. The first-order valence-corrected chi connectivity index (χ1v) is 6.48. The van der Waals surface area contributed by atoms with Gasteiger partial charge in [0.2, 0.25) is 0 Å². The maximum atomic E-state index is 3.80. The molecule has 0 nitrogen and oxygen atoms in total. The van der Waals surface area contributed by atoms with E-state index < -0.39 is 0 Å². The van der Waals surface area contributed by atoms with E-state index in [1.807, 2.05) is 0 Å². The van der Waals surface area contributed by atoms with Crippen molar-refractivity contribution in [1.82, 2.24) is 0 Å². The zero-order valence-corrected chi connectivity index (χ0v) is 10.3. The highest BCUT2D eigenvalue weighted by Gasteiger charge is 2.15. The van der Waals surface area contributed by atoms with Gasteiger partial charge in [-0.1, -0.05) is 47.5 Å². The van der Waals surface area contributed by atoms with Crippen LogP contribution in [0.1, 0.15) is 47.7 Å². The molecule has 1 aliphatic carbocycles. The van der Waals surface area contributed by atoms with Crippen molar-refractivity contribution in [3.63, 3.8) is 0 Å². The Bertz CT molecular complexity index is 317. The van der Waals surface area contributed by atoms with Crippen molar-refractivity contribution in [2.24, 2.45) is 0 Å². The van der Waals surface area contributed by atoms with E-state index in [4.69, 9.17) is 0 Å². The van der Waals surface area contributed by atoms with E-state index in [1.54, 1.807) is 11.1 Å². The molecule has 1 atom stereocenters. The van der Waals surface area contributed by atoms with Crippen molar-refractivity contribution in [2.75, 3.05) is 0 Å². The summed E-state index contributed by atoms with van der Waals surface area (Å²) < 4.78 is 0. The van der Waals surface area contributed by atoms with Crippen LogP contribution in [0.2, 0.25) is 0 Å². The molecule has 0 fully saturated rings. The molecule has 0 spiro atoms. The molecule has 0 radical (unpaired) electrons. The van der Waals surface area contributed by atoms with Gasteiger partial charge in [-0.15, -0.1) is 0 Å². The van der Waals surface area contributed by atoms with Gasteiger partial charge in [0.1, 0.15) is 0 Å². The molecule has 0 aliphatic heterocycles. The Morgan fingerprint density at radius 2 is 2.21 bits per heavy atom. The zero-order valence-electron chi connectivity index (χ0n) is 8.72. The number of rotatable bonds is 1. The second-order valence-corrected chi connectivity index (χ2v) is 5.21. The molecule has 0 amide bonds. The first kappa shape index (κ1) is 10.2. The van der Waals surface area contributed by atoms with E-state index >= 15 is 0 Å². The predicted octanol–water partition coefficient (Wildman–Crippen LogP) is 4.41. The Morgan fingerprint density at radius 3 is 3.00 bits per heavy atom. The van der Waals surface area contributed by atoms with E-state index in [0.717, 1.165) is 6.42 Å². The second-order valence-electron chi connectivity index (χ2n) is 4.10. The maximum absolute atomic E-state index is 3.80. The first-order chi connectivity index (χ1) is 6.81. The lowest BCUT2D eigenvalue weighted by atomic mass is 9.99. The van der Waals surface area contributed by atoms with E-state index in [0.29, 0.717) is 4.83 Å². The van der Waals surface area contributed by atoms with Crippen molar-refractivity contribution in [3.8, 4) is 0 Å². The molecule has 0 saturated carbocycles. The Kier molecular flexibility index (Phi) is 3.27. The van der Waals surface area contributed by atoms with Gasteiger partial charge in [-0.25, -0.2) is 0 Å². The average molecular weight is 253 g/mol. The SMILES string of the molecule is CCc1ccc2c(c1)C(Br)CCCC2. The summed E-state index contributed by atoms with van der Waals surface area (Å²) in [6, 6.07) is 7.00. The van der Waals surface area contributed by atoms with Crippen LogP contribution in [-0.2, 0) is 12.8 Å². The fourth-order valence-electron chi connectivity index (χ4n) is 2.18. The summed E-state index contributed by atoms with van der Waals surface area (Å²) in [5.74, 6) is 0. The minimum absolute atomic E-state index is 0.589. The van der Waals surface area contributed by atoms with Crippen molar-refractivity contribution in [2.45, 2.75) is 43.9 Å². The first-order valence-electron chi connectivity index (χ1n) is 5.57. The smallest absolute Gasteiger partial charge is 0.0398 e. The Hall–Kier alpha value is -0.300. The third-order valence-electron chi connectivity index (χ3n) is 3.11. The fraction of sp³-hybridized carbons (Fsp3) is 0.538. The van der Waals surface area contributed by atoms with Crippen LogP contribution < -0.4 is 0 Å². The Morgan fingerprint density at radius 1 is 1.36 bits per heavy atom. The Labute approximate surface area is 94.8 Å². The van der Waals surface area contributed by atoms with Crippen LogP contribution in [0.3, 0.4) is 0 Å². The van der Waals surface area contributed by atoms with Gasteiger partial charge < -0.3 is 0 Å². The minimum atomic E-state index is 0.589. The van der Waals surface area contributed by atoms with Gasteiger partial charge in [-0.05, 0) is 42.4 Å². The molecule has 76 valence electrons. The summed E-state index contributed by atoms with van der Waals surface area (Å²) >= 11 is 3.80. The number of hydrogen-bond acceptors (Lipinski definition) is 0. The average Bonchev–Trinajstić information content (AvgIpc) is 2.40.